The van der Waals surface area contributed by atoms with E-state index in [-0.39, 0.29) is 5.97 Å². The first-order valence-electron chi connectivity index (χ1n) is 8.24. The standard InChI is InChI=1S/C19H17NO2S/c21-18-10-16-14(5-4-13-6-8-23-12-13)9-15-11-19(16,22-18)17-3-1-2-7-20(15)17/h6,8-10,12,15,17H,1-3,7,11H2. The van der Waals surface area contributed by atoms with Crippen LogP contribution in [0.15, 0.2) is 40.1 Å². The Morgan fingerprint density at radius 2 is 2.30 bits per heavy atom. The van der Waals surface area contributed by atoms with Crippen molar-refractivity contribution in [3.8, 4) is 11.8 Å². The van der Waals surface area contributed by atoms with Crippen molar-refractivity contribution in [2.24, 2.45) is 0 Å². The van der Waals surface area contributed by atoms with Crippen LogP contribution < -0.4 is 0 Å². The zero-order chi connectivity index (χ0) is 15.4. The average molecular weight is 323 g/mol. The molecule has 5 rings (SSSR count). The van der Waals surface area contributed by atoms with E-state index >= 15 is 0 Å². The van der Waals surface area contributed by atoms with E-state index in [9.17, 15) is 4.79 Å². The summed E-state index contributed by atoms with van der Waals surface area (Å²) in [5.74, 6) is 6.35. The van der Waals surface area contributed by atoms with Gasteiger partial charge in [0.1, 0.15) is 0 Å². The van der Waals surface area contributed by atoms with Gasteiger partial charge in [-0.2, -0.15) is 11.3 Å². The lowest BCUT2D eigenvalue weighted by Crippen LogP contribution is -2.48. The smallest absolute Gasteiger partial charge is 0.332 e. The highest BCUT2D eigenvalue weighted by Crippen LogP contribution is 2.53. The number of fused-ring (bicyclic) bond motifs is 3. The van der Waals surface area contributed by atoms with Crippen molar-refractivity contribution in [3.63, 3.8) is 0 Å². The van der Waals surface area contributed by atoms with E-state index in [2.05, 4.69) is 28.2 Å². The van der Waals surface area contributed by atoms with Crippen molar-refractivity contribution < 1.29 is 9.53 Å². The Bertz CT molecular complexity index is 795. The SMILES string of the molecule is O=C1C=C2C(C#Cc3ccsc3)=CC3CC2(O1)C1CCCCN31. The van der Waals surface area contributed by atoms with Crippen LogP contribution in [0, 0.1) is 11.8 Å². The zero-order valence-electron chi connectivity index (χ0n) is 12.7. The van der Waals surface area contributed by atoms with Crippen molar-refractivity contribution in [1.82, 2.24) is 4.90 Å². The van der Waals surface area contributed by atoms with Gasteiger partial charge in [0, 0.05) is 40.6 Å². The van der Waals surface area contributed by atoms with Gasteiger partial charge < -0.3 is 4.74 Å². The van der Waals surface area contributed by atoms with E-state index in [1.54, 1.807) is 17.4 Å². The lowest BCUT2D eigenvalue weighted by molar-refractivity contribution is -0.148. The maximum atomic E-state index is 12.1. The van der Waals surface area contributed by atoms with Gasteiger partial charge in [-0.15, -0.1) is 0 Å². The number of rotatable bonds is 0. The van der Waals surface area contributed by atoms with Crippen LogP contribution in [0.25, 0.3) is 0 Å². The quantitative estimate of drug-likeness (QED) is 0.543. The third-order valence-corrected chi connectivity index (χ3v) is 6.22. The molecule has 1 aliphatic carbocycles. The number of thiophene rings is 1. The van der Waals surface area contributed by atoms with Gasteiger partial charge in [-0.25, -0.2) is 4.79 Å². The van der Waals surface area contributed by atoms with Gasteiger partial charge in [-0.05, 0) is 30.8 Å². The van der Waals surface area contributed by atoms with Crippen LogP contribution in [0.5, 0.6) is 0 Å². The Kier molecular flexibility index (Phi) is 2.86. The first kappa shape index (κ1) is 13.6. The second-order valence-electron chi connectivity index (χ2n) is 6.73. The molecule has 116 valence electrons. The summed E-state index contributed by atoms with van der Waals surface area (Å²) in [6, 6.07) is 2.71. The van der Waals surface area contributed by atoms with Gasteiger partial charge in [0.15, 0.2) is 5.60 Å². The molecule has 4 heterocycles. The van der Waals surface area contributed by atoms with Crippen LogP contribution in [0.2, 0.25) is 0 Å². The Balaban J connectivity index is 1.60. The molecular formula is C19H17NO2S. The number of piperidine rings is 1. The van der Waals surface area contributed by atoms with Crippen molar-refractivity contribution in [2.75, 3.05) is 6.54 Å². The molecule has 3 nitrogen and oxygen atoms in total. The fraction of sp³-hybridized carbons (Fsp3) is 0.421. The molecule has 4 aliphatic rings. The second-order valence-corrected chi connectivity index (χ2v) is 7.51. The summed E-state index contributed by atoms with van der Waals surface area (Å²) in [6.45, 7) is 1.10. The summed E-state index contributed by atoms with van der Waals surface area (Å²) in [5, 5.41) is 4.08. The van der Waals surface area contributed by atoms with Crippen molar-refractivity contribution in [2.45, 2.75) is 43.4 Å². The van der Waals surface area contributed by atoms with E-state index in [1.165, 1.54) is 12.8 Å². The number of hydrogen-bond donors (Lipinski definition) is 0. The molecule has 3 atom stereocenters. The van der Waals surface area contributed by atoms with Crippen molar-refractivity contribution >= 4 is 17.3 Å². The predicted molar refractivity (Wildman–Crippen MR) is 88.9 cm³/mol. The maximum Gasteiger partial charge on any atom is 0.332 e. The molecular weight excluding hydrogens is 306 g/mol. The third kappa shape index (κ3) is 1.90. The number of carbonyl (C=O) groups is 1. The van der Waals surface area contributed by atoms with Gasteiger partial charge in [0.2, 0.25) is 0 Å². The Morgan fingerprint density at radius 1 is 1.35 bits per heavy atom. The molecule has 1 spiro atoms. The first-order valence-corrected chi connectivity index (χ1v) is 9.18. The van der Waals surface area contributed by atoms with Crippen LogP contribution in [-0.2, 0) is 9.53 Å². The first-order chi connectivity index (χ1) is 11.3. The minimum absolute atomic E-state index is 0.198. The highest BCUT2D eigenvalue weighted by atomic mass is 32.1. The predicted octanol–water partition coefficient (Wildman–Crippen LogP) is 2.89. The van der Waals surface area contributed by atoms with Gasteiger partial charge in [-0.3, -0.25) is 4.90 Å². The largest absolute Gasteiger partial charge is 0.449 e. The zero-order valence-corrected chi connectivity index (χ0v) is 13.6. The minimum atomic E-state index is -0.435. The van der Waals surface area contributed by atoms with E-state index in [0.717, 1.165) is 36.1 Å². The minimum Gasteiger partial charge on any atom is -0.449 e. The number of nitrogens with zero attached hydrogens (tertiary/aromatic N) is 1. The summed E-state index contributed by atoms with van der Waals surface area (Å²) >= 11 is 1.65. The molecule has 0 amide bonds. The van der Waals surface area contributed by atoms with Crippen LogP contribution in [0.1, 0.15) is 31.2 Å². The molecule has 0 saturated carbocycles. The molecule has 0 aromatic carbocycles. The Morgan fingerprint density at radius 3 is 3.17 bits per heavy atom. The topological polar surface area (TPSA) is 29.5 Å². The molecule has 1 aromatic rings. The van der Waals surface area contributed by atoms with Crippen LogP contribution in [0.3, 0.4) is 0 Å². The molecule has 4 heteroatoms. The second kappa shape index (κ2) is 4.83. The fourth-order valence-electron chi connectivity index (χ4n) is 4.65. The molecule has 2 saturated heterocycles. The highest BCUT2D eigenvalue weighted by molar-refractivity contribution is 7.08. The van der Waals surface area contributed by atoms with E-state index in [4.69, 9.17) is 4.74 Å². The molecule has 0 N–H and O–H groups in total. The van der Waals surface area contributed by atoms with Crippen LogP contribution in [-0.4, -0.2) is 35.1 Å². The number of hydrogen-bond acceptors (Lipinski definition) is 4. The summed E-state index contributed by atoms with van der Waals surface area (Å²) in [4.78, 5) is 14.6. The van der Waals surface area contributed by atoms with Gasteiger partial charge in [-0.1, -0.05) is 24.3 Å². The van der Waals surface area contributed by atoms with E-state index < -0.39 is 5.60 Å². The normalized spacial score (nSPS) is 34.7. The molecule has 0 radical (unpaired) electrons. The molecule has 3 unspecified atom stereocenters. The number of esters is 1. The van der Waals surface area contributed by atoms with E-state index in [0.29, 0.717) is 12.1 Å². The summed E-state index contributed by atoms with van der Waals surface area (Å²) < 4.78 is 5.90. The molecule has 1 aromatic heterocycles. The lowest BCUT2D eigenvalue weighted by atomic mass is 9.77. The monoisotopic (exact) mass is 323 g/mol. The summed E-state index contributed by atoms with van der Waals surface area (Å²) in [6.07, 6.45) is 8.41. The van der Waals surface area contributed by atoms with Crippen molar-refractivity contribution in [1.29, 1.82) is 0 Å². The van der Waals surface area contributed by atoms with Crippen LogP contribution >= 0.6 is 11.3 Å². The van der Waals surface area contributed by atoms with Crippen LogP contribution in [0.4, 0.5) is 0 Å². The molecule has 23 heavy (non-hydrogen) atoms. The number of carbonyl (C=O) groups excluding carboxylic acids is 1. The van der Waals surface area contributed by atoms with Gasteiger partial charge in [0.05, 0.1) is 6.04 Å². The highest BCUT2D eigenvalue weighted by Gasteiger charge is 2.61. The van der Waals surface area contributed by atoms with Gasteiger partial charge in [0.25, 0.3) is 0 Å². The summed E-state index contributed by atoms with van der Waals surface area (Å²) in [5.41, 5.74) is 2.62. The van der Waals surface area contributed by atoms with Gasteiger partial charge >= 0.3 is 5.97 Å². The summed E-state index contributed by atoms with van der Waals surface area (Å²) in [7, 11) is 0. The Labute approximate surface area is 139 Å². The van der Waals surface area contributed by atoms with Crippen molar-refractivity contribution in [3.05, 3.63) is 45.7 Å². The molecule has 2 bridgehead atoms. The molecule has 2 fully saturated rings. The average Bonchev–Trinajstić information content (AvgIpc) is 3.24. The Hall–Kier alpha value is -1.83. The molecule has 3 aliphatic heterocycles. The number of ether oxygens (including phenoxy) is 1. The lowest BCUT2D eigenvalue weighted by Gasteiger charge is -2.38. The third-order valence-electron chi connectivity index (χ3n) is 5.53. The van der Waals surface area contributed by atoms with E-state index in [1.807, 2.05) is 11.4 Å². The fourth-order valence-corrected chi connectivity index (χ4v) is 5.23. The maximum absolute atomic E-state index is 12.1.